The Bertz CT molecular complexity index is 424. The van der Waals surface area contributed by atoms with Crippen LogP contribution in [0.5, 0.6) is 0 Å². The van der Waals surface area contributed by atoms with Crippen LogP contribution in [-0.2, 0) is 4.79 Å². The lowest BCUT2D eigenvalue weighted by molar-refractivity contribution is -0.129. The van der Waals surface area contributed by atoms with Crippen LogP contribution in [0.15, 0.2) is 6.07 Å². The fourth-order valence-corrected chi connectivity index (χ4v) is 2.77. The zero-order valence-corrected chi connectivity index (χ0v) is 10.8. The third-order valence-corrected chi connectivity index (χ3v) is 3.44. The standard InChI is InChI=1S/C13H21N3O/c1-4-5-16-12(17)7-11(14)13(16)10-6-8(2)15-9(10)3/h6,11,13,15H,4-5,7,14H2,1-3H3. The van der Waals surface area contributed by atoms with Gasteiger partial charge >= 0.3 is 0 Å². The number of aromatic amines is 1. The first-order valence-electron chi connectivity index (χ1n) is 6.25. The van der Waals surface area contributed by atoms with Crippen LogP contribution in [0, 0.1) is 13.8 Å². The van der Waals surface area contributed by atoms with Crippen molar-refractivity contribution in [1.29, 1.82) is 0 Å². The van der Waals surface area contributed by atoms with Crippen molar-refractivity contribution >= 4 is 5.91 Å². The summed E-state index contributed by atoms with van der Waals surface area (Å²) in [5.74, 6) is 0.183. The maximum atomic E-state index is 11.9. The van der Waals surface area contributed by atoms with E-state index in [2.05, 4.69) is 18.0 Å². The summed E-state index contributed by atoms with van der Waals surface area (Å²) in [5, 5.41) is 0. The molecule has 2 atom stereocenters. The van der Waals surface area contributed by atoms with Crippen molar-refractivity contribution in [1.82, 2.24) is 9.88 Å². The Kier molecular flexibility index (Phi) is 3.24. The van der Waals surface area contributed by atoms with Crippen molar-refractivity contribution in [2.45, 2.75) is 45.7 Å². The van der Waals surface area contributed by atoms with Gasteiger partial charge in [-0.3, -0.25) is 4.79 Å². The first kappa shape index (κ1) is 12.2. The predicted molar refractivity (Wildman–Crippen MR) is 67.6 cm³/mol. The summed E-state index contributed by atoms with van der Waals surface area (Å²) in [6.45, 7) is 6.95. The Morgan fingerprint density at radius 1 is 1.53 bits per heavy atom. The van der Waals surface area contributed by atoms with Crippen LogP contribution < -0.4 is 5.73 Å². The zero-order chi connectivity index (χ0) is 12.6. The van der Waals surface area contributed by atoms with E-state index in [0.29, 0.717) is 6.42 Å². The molecule has 1 amide bonds. The maximum Gasteiger partial charge on any atom is 0.224 e. The average molecular weight is 235 g/mol. The third-order valence-electron chi connectivity index (χ3n) is 3.44. The lowest BCUT2D eigenvalue weighted by Gasteiger charge is -2.26. The largest absolute Gasteiger partial charge is 0.362 e. The monoisotopic (exact) mass is 235 g/mol. The molecule has 2 unspecified atom stereocenters. The highest BCUT2D eigenvalue weighted by molar-refractivity contribution is 5.80. The molecule has 4 nitrogen and oxygen atoms in total. The van der Waals surface area contributed by atoms with Gasteiger partial charge in [0.15, 0.2) is 0 Å². The Hall–Kier alpha value is -1.29. The predicted octanol–water partition coefficient (Wildman–Crippen LogP) is 1.64. The molecular weight excluding hydrogens is 214 g/mol. The minimum Gasteiger partial charge on any atom is -0.362 e. The number of likely N-dealkylation sites (tertiary alicyclic amines) is 1. The topological polar surface area (TPSA) is 62.1 Å². The van der Waals surface area contributed by atoms with Gasteiger partial charge in [0.1, 0.15) is 0 Å². The van der Waals surface area contributed by atoms with Gasteiger partial charge in [-0.15, -0.1) is 0 Å². The molecule has 2 heterocycles. The molecule has 17 heavy (non-hydrogen) atoms. The van der Waals surface area contributed by atoms with E-state index in [1.54, 1.807) is 0 Å². The van der Waals surface area contributed by atoms with E-state index in [9.17, 15) is 4.79 Å². The van der Waals surface area contributed by atoms with Gasteiger partial charge in [-0.1, -0.05) is 6.92 Å². The van der Waals surface area contributed by atoms with Crippen molar-refractivity contribution < 1.29 is 4.79 Å². The number of H-pyrrole nitrogens is 1. The second-order valence-electron chi connectivity index (χ2n) is 4.93. The molecule has 1 saturated heterocycles. The molecule has 1 fully saturated rings. The third kappa shape index (κ3) is 2.09. The summed E-state index contributed by atoms with van der Waals surface area (Å²) >= 11 is 0. The number of nitrogens with zero attached hydrogens (tertiary/aromatic N) is 1. The number of carbonyl (C=O) groups excluding carboxylic acids is 1. The number of hydrogen-bond acceptors (Lipinski definition) is 2. The number of amides is 1. The van der Waals surface area contributed by atoms with Crippen molar-refractivity contribution in [3.05, 3.63) is 23.0 Å². The van der Waals surface area contributed by atoms with Gasteiger partial charge in [-0.2, -0.15) is 0 Å². The first-order valence-corrected chi connectivity index (χ1v) is 6.25. The fourth-order valence-electron chi connectivity index (χ4n) is 2.77. The van der Waals surface area contributed by atoms with E-state index in [1.165, 1.54) is 5.56 Å². The molecule has 0 bridgehead atoms. The molecule has 0 saturated carbocycles. The van der Waals surface area contributed by atoms with Crippen molar-refractivity contribution in [3.63, 3.8) is 0 Å². The Morgan fingerprint density at radius 3 is 2.76 bits per heavy atom. The molecule has 2 rings (SSSR count). The smallest absolute Gasteiger partial charge is 0.224 e. The number of nitrogens with two attached hydrogens (primary N) is 1. The summed E-state index contributed by atoms with van der Waals surface area (Å²) in [4.78, 5) is 17.1. The maximum absolute atomic E-state index is 11.9. The van der Waals surface area contributed by atoms with Crippen LogP contribution in [0.2, 0.25) is 0 Å². The SMILES string of the molecule is CCCN1C(=O)CC(N)C1c1cc(C)[nH]c1C. The first-order chi connectivity index (χ1) is 8.04. The van der Waals surface area contributed by atoms with E-state index in [-0.39, 0.29) is 18.0 Å². The second kappa shape index (κ2) is 4.53. The minimum absolute atomic E-state index is 0.0485. The van der Waals surface area contributed by atoms with Gasteiger partial charge < -0.3 is 15.6 Å². The molecule has 0 aromatic carbocycles. The number of carbonyl (C=O) groups is 1. The van der Waals surface area contributed by atoms with Gasteiger partial charge in [-0.05, 0) is 31.9 Å². The number of aromatic nitrogens is 1. The molecule has 1 aromatic heterocycles. The van der Waals surface area contributed by atoms with Crippen LogP contribution in [0.4, 0.5) is 0 Å². The highest BCUT2D eigenvalue weighted by Gasteiger charge is 2.39. The van der Waals surface area contributed by atoms with E-state index in [4.69, 9.17) is 5.73 Å². The summed E-state index contributed by atoms with van der Waals surface area (Å²) in [7, 11) is 0. The number of aryl methyl sites for hydroxylation is 2. The number of hydrogen-bond donors (Lipinski definition) is 2. The van der Waals surface area contributed by atoms with Gasteiger partial charge in [0.05, 0.1) is 6.04 Å². The van der Waals surface area contributed by atoms with E-state index < -0.39 is 0 Å². The summed E-state index contributed by atoms with van der Waals surface area (Å²) in [5.41, 5.74) is 9.55. The summed E-state index contributed by atoms with van der Waals surface area (Å²) < 4.78 is 0. The molecule has 1 aromatic rings. The van der Waals surface area contributed by atoms with Crippen LogP contribution in [0.3, 0.4) is 0 Å². The molecule has 3 N–H and O–H groups in total. The highest BCUT2D eigenvalue weighted by atomic mass is 16.2. The minimum atomic E-state index is -0.0806. The van der Waals surface area contributed by atoms with Crippen LogP contribution in [-0.4, -0.2) is 28.4 Å². The van der Waals surface area contributed by atoms with Crippen LogP contribution in [0.25, 0.3) is 0 Å². The highest BCUT2D eigenvalue weighted by Crippen LogP contribution is 2.34. The summed E-state index contributed by atoms with van der Waals surface area (Å²) in [6, 6.07) is 2.08. The number of nitrogens with one attached hydrogen (secondary N) is 1. The van der Waals surface area contributed by atoms with Crippen molar-refractivity contribution in [3.8, 4) is 0 Å². The lowest BCUT2D eigenvalue weighted by atomic mass is 10.0. The van der Waals surface area contributed by atoms with E-state index >= 15 is 0 Å². The Morgan fingerprint density at radius 2 is 2.24 bits per heavy atom. The van der Waals surface area contributed by atoms with Gasteiger partial charge in [0.2, 0.25) is 5.91 Å². The van der Waals surface area contributed by atoms with Gasteiger partial charge in [0, 0.05) is 30.4 Å². The fraction of sp³-hybridized carbons (Fsp3) is 0.615. The molecule has 94 valence electrons. The van der Waals surface area contributed by atoms with Gasteiger partial charge in [-0.25, -0.2) is 0 Å². The average Bonchev–Trinajstić information content (AvgIpc) is 2.69. The van der Waals surface area contributed by atoms with Crippen LogP contribution in [0.1, 0.15) is 42.8 Å². The van der Waals surface area contributed by atoms with E-state index in [0.717, 1.165) is 24.4 Å². The van der Waals surface area contributed by atoms with E-state index in [1.807, 2.05) is 18.7 Å². The quantitative estimate of drug-likeness (QED) is 0.836. The molecule has 0 spiro atoms. The molecular formula is C13H21N3O. The number of rotatable bonds is 3. The molecule has 4 heteroatoms. The molecule has 1 aliphatic heterocycles. The van der Waals surface area contributed by atoms with Crippen LogP contribution >= 0.6 is 0 Å². The summed E-state index contributed by atoms with van der Waals surface area (Å²) in [6.07, 6.45) is 1.44. The normalized spacial score (nSPS) is 24.7. The second-order valence-corrected chi connectivity index (χ2v) is 4.93. The lowest BCUT2D eigenvalue weighted by Crippen LogP contribution is -2.33. The zero-order valence-electron chi connectivity index (χ0n) is 10.8. The van der Waals surface area contributed by atoms with Gasteiger partial charge in [0.25, 0.3) is 0 Å². The van der Waals surface area contributed by atoms with Crippen molar-refractivity contribution in [2.75, 3.05) is 6.54 Å². The molecule has 0 aliphatic carbocycles. The Labute approximate surface area is 102 Å². The molecule has 1 aliphatic rings. The molecule has 0 radical (unpaired) electrons. The Balaban J connectivity index is 2.34. The van der Waals surface area contributed by atoms with Crippen molar-refractivity contribution in [2.24, 2.45) is 5.73 Å².